The van der Waals surface area contributed by atoms with Crippen LogP contribution in [0.1, 0.15) is 6.92 Å². The van der Waals surface area contributed by atoms with Crippen LogP contribution in [0.5, 0.6) is 23.0 Å². The van der Waals surface area contributed by atoms with Crippen LogP contribution in [-0.2, 0) is 11.3 Å². The van der Waals surface area contributed by atoms with Gasteiger partial charge in [-0.1, -0.05) is 23.5 Å². The summed E-state index contributed by atoms with van der Waals surface area (Å²) in [4.78, 5) is 17.7. The number of amides is 1. The van der Waals surface area contributed by atoms with Gasteiger partial charge in [0.25, 0.3) is 5.91 Å². The number of fused-ring (bicyclic) bond motifs is 3. The van der Waals surface area contributed by atoms with Gasteiger partial charge in [-0.25, -0.2) is 0 Å². The van der Waals surface area contributed by atoms with Gasteiger partial charge in [0.15, 0.2) is 27.8 Å². The lowest BCUT2D eigenvalue weighted by molar-refractivity contribution is -0.127. The second-order valence-electron chi connectivity index (χ2n) is 6.41. The van der Waals surface area contributed by atoms with E-state index in [9.17, 15) is 4.79 Å². The molecule has 0 aliphatic carbocycles. The van der Waals surface area contributed by atoms with Crippen LogP contribution >= 0.6 is 11.3 Å². The van der Waals surface area contributed by atoms with Crippen LogP contribution in [0.25, 0.3) is 10.2 Å². The maximum absolute atomic E-state index is 12.8. The largest absolute Gasteiger partial charge is 0.486 e. The highest BCUT2D eigenvalue weighted by molar-refractivity contribution is 7.16. The second kappa shape index (κ2) is 6.87. The Morgan fingerprint density at radius 3 is 2.64 bits per heavy atom. The van der Waals surface area contributed by atoms with Crippen molar-refractivity contribution in [3.05, 3.63) is 41.2 Å². The molecule has 0 fully saturated rings. The maximum Gasteiger partial charge on any atom is 0.292 e. The summed E-state index contributed by atoms with van der Waals surface area (Å²) in [6, 6.07) is 11.2. The fourth-order valence-corrected chi connectivity index (χ4v) is 4.41. The molecule has 3 aromatic rings. The van der Waals surface area contributed by atoms with Gasteiger partial charge in [0.05, 0.1) is 10.2 Å². The number of thiazole rings is 1. The van der Waals surface area contributed by atoms with Crippen molar-refractivity contribution in [1.29, 1.82) is 0 Å². The molecule has 0 saturated heterocycles. The van der Waals surface area contributed by atoms with E-state index in [1.165, 1.54) is 11.3 Å². The first-order valence-electron chi connectivity index (χ1n) is 9.13. The Hall–Kier alpha value is -3.00. The molecule has 1 unspecified atom stereocenters. The minimum absolute atomic E-state index is 0.145. The van der Waals surface area contributed by atoms with Crippen LogP contribution in [0.3, 0.4) is 0 Å². The molecule has 2 aliphatic heterocycles. The molecular formula is C20H18N2O5S. The molecule has 28 heavy (non-hydrogen) atoms. The van der Waals surface area contributed by atoms with Gasteiger partial charge in [0, 0.05) is 18.7 Å². The van der Waals surface area contributed by atoms with E-state index >= 15 is 0 Å². The lowest BCUT2D eigenvalue weighted by atomic mass is 10.2. The van der Waals surface area contributed by atoms with E-state index in [4.69, 9.17) is 18.9 Å². The molecule has 0 radical (unpaired) electrons. The third-order valence-electron chi connectivity index (χ3n) is 4.65. The van der Waals surface area contributed by atoms with Crippen molar-refractivity contribution in [2.45, 2.75) is 19.6 Å². The third-order valence-corrected chi connectivity index (χ3v) is 5.69. The fourth-order valence-electron chi connectivity index (χ4n) is 3.30. The molecule has 2 aliphatic rings. The van der Waals surface area contributed by atoms with Gasteiger partial charge in [-0.3, -0.25) is 4.79 Å². The number of para-hydroxylation sites is 2. The van der Waals surface area contributed by atoms with E-state index < -0.39 is 6.10 Å². The maximum atomic E-state index is 12.8. The number of hydrogen-bond acceptors (Lipinski definition) is 6. The molecule has 8 heteroatoms. The second-order valence-corrected chi connectivity index (χ2v) is 7.42. The summed E-state index contributed by atoms with van der Waals surface area (Å²) in [5.41, 5.74) is 0.967. The number of aryl methyl sites for hydroxylation is 1. The zero-order valence-corrected chi connectivity index (χ0v) is 16.0. The van der Waals surface area contributed by atoms with Crippen molar-refractivity contribution < 1.29 is 23.7 Å². The zero-order valence-electron chi connectivity index (χ0n) is 15.2. The first-order valence-corrected chi connectivity index (χ1v) is 9.94. The van der Waals surface area contributed by atoms with Crippen molar-refractivity contribution in [2.75, 3.05) is 19.8 Å². The van der Waals surface area contributed by atoms with Crippen LogP contribution in [0.2, 0.25) is 0 Å². The Morgan fingerprint density at radius 2 is 1.86 bits per heavy atom. The van der Waals surface area contributed by atoms with Crippen LogP contribution in [0.4, 0.5) is 0 Å². The highest BCUT2D eigenvalue weighted by atomic mass is 32.1. The van der Waals surface area contributed by atoms with Gasteiger partial charge in [-0.15, -0.1) is 0 Å². The van der Waals surface area contributed by atoms with E-state index in [1.54, 1.807) is 6.07 Å². The van der Waals surface area contributed by atoms with Crippen molar-refractivity contribution in [3.63, 3.8) is 0 Å². The molecule has 0 N–H and O–H groups in total. The Morgan fingerprint density at radius 1 is 1.11 bits per heavy atom. The third kappa shape index (κ3) is 2.90. The van der Waals surface area contributed by atoms with Gasteiger partial charge in [0.1, 0.15) is 19.8 Å². The number of benzene rings is 2. The number of rotatable bonds is 2. The average Bonchev–Trinajstić information content (AvgIpc) is 3.07. The normalized spacial score (nSPS) is 18.3. The molecular weight excluding hydrogens is 380 g/mol. The molecule has 1 atom stereocenters. The average molecular weight is 398 g/mol. The number of aromatic nitrogens is 1. The smallest absolute Gasteiger partial charge is 0.292 e. The molecule has 1 aromatic heterocycles. The molecule has 3 heterocycles. The number of carbonyl (C=O) groups excluding carboxylic acids is 1. The SMILES string of the molecule is CCn1c(=NC(=O)C2COc3ccccc3O2)sc2cc3c(cc21)OCCO3. The Labute approximate surface area is 164 Å². The topological polar surface area (TPSA) is 71.3 Å². The van der Waals surface area contributed by atoms with Gasteiger partial charge in [-0.2, -0.15) is 4.99 Å². The van der Waals surface area contributed by atoms with E-state index in [-0.39, 0.29) is 12.5 Å². The summed E-state index contributed by atoms with van der Waals surface area (Å²) in [5, 5.41) is 0. The summed E-state index contributed by atoms with van der Waals surface area (Å²) in [7, 11) is 0. The van der Waals surface area contributed by atoms with Crippen molar-refractivity contribution in [1.82, 2.24) is 4.57 Å². The van der Waals surface area contributed by atoms with Gasteiger partial charge < -0.3 is 23.5 Å². The predicted molar refractivity (Wildman–Crippen MR) is 103 cm³/mol. The summed E-state index contributed by atoms with van der Waals surface area (Å²) in [6.07, 6.45) is -0.759. The highest BCUT2D eigenvalue weighted by Gasteiger charge is 2.27. The van der Waals surface area contributed by atoms with E-state index in [2.05, 4.69) is 4.99 Å². The molecule has 2 aromatic carbocycles. The minimum Gasteiger partial charge on any atom is -0.486 e. The van der Waals surface area contributed by atoms with E-state index in [0.29, 0.717) is 36.1 Å². The highest BCUT2D eigenvalue weighted by Crippen LogP contribution is 2.35. The summed E-state index contributed by atoms with van der Waals surface area (Å²) in [6.45, 7) is 3.91. The first-order chi connectivity index (χ1) is 13.7. The van der Waals surface area contributed by atoms with Crippen LogP contribution in [0, 0.1) is 0 Å². The number of nitrogens with zero attached hydrogens (tertiary/aromatic N) is 2. The lowest BCUT2D eigenvalue weighted by Gasteiger charge is -2.23. The Bertz CT molecular complexity index is 1130. The fraction of sp³-hybridized carbons (Fsp3) is 0.300. The number of hydrogen-bond donors (Lipinski definition) is 0. The quantitative estimate of drug-likeness (QED) is 0.664. The number of carbonyl (C=O) groups is 1. The van der Waals surface area contributed by atoms with Crippen LogP contribution in [0.15, 0.2) is 41.4 Å². The molecule has 5 rings (SSSR count). The molecule has 0 bridgehead atoms. The number of ether oxygens (including phenoxy) is 4. The first kappa shape index (κ1) is 17.1. The standard InChI is InChI=1S/C20H18N2O5S/c1-2-22-12-9-15-16(25-8-7-24-15)10-18(12)28-20(22)21-19(23)17-11-26-13-5-3-4-6-14(13)27-17/h3-6,9-10,17H,2,7-8,11H2,1H3. The Balaban J connectivity index is 1.51. The summed E-state index contributed by atoms with van der Waals surface area (Å²) in [5.74, 6) is 2.28. The van der Waals surface area contributed by atoms with Crippen LogP contribution < -0.4 is 23.7 Å². The monoisotopic (exact) mass is 398 g/mol. The zero-order chi connectivity index (χ0) is 19.1. The van der Waals surface area contributed by atoms with Crippen molar-refractivity contribution in [3.8, 4) is 23.0 Å². The summed E-state index contributed by atoms with van der Waals surface area (Å²) >= 11 is 1.44. The molecule has 7 nitrogen and oxygen atoms in total. The van der Waals surface area contributed by atoms with Crippen molar-refractivity contribution >= 4 is 27.5 Å². The van der Waals surface area contributed by atoms with E-state index in [1.807, 2.05) is 41.8 Å². The Kier molecular flexibility index (Phi) is 4.20. The molecule has 144 valence electrons. The molecule has 1 amide bonds. The lowest BCUT2D eigenvalue weighted by Crippen LogP contribution is -2.36. The van der Waals surface area contributed by atoms with Gasteiger partial charge in [0.2, 0.25) is 6.10 Å². The minimum atomic E-state index is -0.759. The van der Waals surface area contributed by atoms with Crippen molar-refractivity contribution in [2.24, 2.45) is 4.99 Å². The molecule has 0 spiro atoms. The van der Waals surface area contributed by atoms with Crippen LogP contribution in [-0.4, -0.2) is 36.4 Å². The predicted octanol–water partition coefficient (Wildman–Crippen LogP) is 2.76. The van der Waals surface area contributed by atoms with Gasteiger partial charge in [-0.05, 0) is 19.1 Å². The van der Waals surface area contributed by atoms with Gasteiger partial charge >= 0.3 is 0 Å². The molecule has 0 saturated carbocycles. The summed E-state index contributed by atoms with van der Waals surface area (Å²) < 4.78 is 25.7. The van der Waals surface area contributed by atoms with E-state index in [0.717, 1.165) is 21.7 Å².